The Morgan fingerprint density at radius 2 is 1.70 bits per heavy atom. The maximum absolute atomic E-state index is 13.3. The van der Waals surface area contributed by atoms with Crippen molar-refractivity contribution >= 4 is 16.9 Å². The molecule has 0 fully saturated rings. The molecule has 2 heterocycles. The maximum atomic E-state index is 13.3. The first-order valence-corrected chi connectivity index (χ1v) is 9.46. The first kappa shape index (κ1) is 17.5. The summed E-state index contributed by atoms with van der Waals surface area (Å²) < 4.78 is 5.97. The van der Waals surface area contributed by atoms with Crippen molar-refractivity contribution in [1.29, 1.82) is 0 Å². The highest BCUT2D eigenvalue weighted by Gasteiger charge is 2.42. The average molecular weight is 361 g/mol. The number of aryl methyl sites for hydroxylation is 2. The van der Waals surface area contributed by atoms with E-state index in [4.69, 9.17) is 4.42 Å². The van der Waals surface area contributed by atoms with Gasteiger partial charge in [0.05, 0.1) is 17.0 Å². The van der Waals surface area contributed by atoms with Crippen molar-refractivity contribution in [2.75, 3.05) is 6.54 Å². The SMILES string of the molecule is CCCCN1C(=O)c2oc3cc(C)ccc3c(=O)c2C1c1ccc(C)cc1. The second-order valence-electron chi connectivity index (χ2n) is 7.34. The van der Waals surface area contributed by atoms with Gasteiger partial charge in [0.25, 0.3) is 5.91 Å². The zero-order valence-corrected chi connectivity index (χ0v) is 15.9. The Hall–Kier alpha value is -2.88. The summed E-state index contributed by atoms with van der Waals surface area (Å²) in [6.07, 6.45) is 1.86. The normalized spacial score (nSPS) is 16.2. The summed E-state index contributed by atoms with van der Waals surface area (Å²) in [4.78, 5) is 28.2. The van der Waals surface area contributed by atoms with E-state index < -0.39 is 0 Å². The number of carbonyl (C=O) groups excluding carboxylic acids is 1. The molecule has 4 heteroatoms. The topological polar surface area (TPSA) is 50.5 Å². The fourth-order valence-corrected chi connectivity index (χ4v) is 3.78. The average Bonchev–Trinajstić information content (AvgIpc) is 2.93. The van der Waals surface area contributed by atoms with E-state index in [2.05, 4.69) is 6.92 Å². The van der Waals surface area contributed by atoms with Crippen molar-refractivity contribution in [3.05, 3.63) is 80.7 Å². The molecule has 0 radical (unpaired) electrons. The largest absolute Gasteiger partial charge is 0.450 e. The lowest BCUT2D eigenvalue weighted by Gasteiger charge is -2.25. The fraction of sp³-hybridized carbons (Fsp3) is 0.304. The van der Waals surface area contributed by atoms with E-state index in [9.17, 15) is 9.59 Å². The van der Waals surface area contributed by atoms with Crippen LogP contribution in [0.2, 0.25) is 0 Å². The molecule has 27 heavy (non-hydrogen) atoms. The van der Waals surface area contributed by atoms with Gasteiger partial charge in [-0.3, -0.25) is 9.59 Å². The van der Waals surface area contributed by atoms with Gasteiger partial charge in [-0.2, -0.15) is 0 Å². The molecule has 0 bridgehead atoms. The molecule has 0 saturated carbocycles. The van der Waals surface area contributed by atoms with Gasteiger partial charge in [0.15, 0.2) is 5.43 Å². The lowest BCUT2D eigenvalue weighted by molar-refractivity contribution is 0.0725. The smallest absolute Gasteiger partial charge is 0.290 e. The quantitative estimate of drug-likeness (QED) is 0.673. The molecular formula is C23H23NO3. The summed E-state index contributed by atoms with van der Waals surface area (Å²) in [5.41, 5.74) is 3.92. The molecule has 2 aromatic carbocycles. The number of carbonyl (C=O) groups is 1. The van der Waals surface area contributed by atoms with Crippen LogP contribution in [0.25, 0.3) is 11.0 Å². The monoisotopic (exact) mass is 361 g/mol. The summed E-state index contributed by atoms with van der Waals surface area (Å²) in [5.74, 6) is 0.00399. The second kappa shape index (κ2) is 6.69. The van der Waals surface area contributed by atoms with Crippen LogP contribution >= 0.6 is 0 Å². The summed E-state index contributed by atoms with van der Waals surface area (Å²) in [6.45, 7) is 6.66. The van der Waals surface area contributed by atoms with Gasteiger partial charge in [-0.25, -0.2) is 0 Å². The molecular weight excluding hydrogens is 338 g/mol. The molecule has 1 aromatic heterocycles. The van der Waals surface area contributed by atoms with Gasteiger partial charge >= 0.3 is 0 Å². The second-order valence-corrected chi connectivity index (χ2v) is 7.34. The Bertz CT molecular complexity index is 1080. The van der Waals surface area contributed by atoms with Gasteiger partial charge in [-0.1, -0.05) is 49.2 Å². The molecule has 3 aromatic rings. The summed E-state index contributed by atoms with van der Waals surface area (Å²) in [6, 6.07) is 13.2. The first-order valence-electron chi connectivity index (χ1n) is 9.46. The van der Waals surface area contributed by atoms with Crippen LogP contribution in [0, 0.1) is 13.8 Å². The third-order valence-electron chi connectivity index (χ3n) is 5.27. The molecule has 1 aliphatic heterocycles. The summed E-state index contributed by atoms with van der Waals surface area (Å²) in [5, 5.41) is 0.529. The molecule has 1 aliphatic rings. The standard InChI is InChI=1S/C23H23NO3/c1-4-5-12-24-20(16-9-6-14(2)7-10-16)19-21(25)17-11-8-15(3)13-18(17)27-22(19)23(24)26/h6-11,13,20H,4-5,12H2,1-3H3. The minimum absolute atomic E-state index is 0.107. The van der Waals surface area contributed by atoms with Crippen molar-refractivity contribution < 1.29 is 9.21 Å². The van der Waals surface area contributed by atoms with Crippen LogP contribution in [0.4, 0.5) is 0 Å². The summed E-state index contributed by atoms with van der Waals surface area (Å²) >= 11 is 0. The van der Waals surface area contributed by atoms with E-state index in [0.29, 0.717) is 23.1 Å². The van der Waals surface area contributed by atoms with E-state index in [1.54, 1.807) is 11.0 Å². The van der Waals surface area contributed by atoms with E-state index in [0.717, 1.165) is 29.5 Å². The number of benzene rings is 2. The highest BCUT2D eigenvalue weighted by Crippen LogP contribution is 2.38. The van der Waals surface area contributed by atoms with E-state index >= 15 is 0 Å². The van der Waals surface area contributed by atoms with Gasteiger partial charge in [-0.05, 0) is 43.5 Å². The van der Waals surface area contributed by atoms with Crippen LogP contribution in [0.3, 0.4) is 0 Å². The van der Waals surface area contributed by atoms with Crippen molar-refractivity contribution in [3.8, 4) is 0 Å². The van der Waals surface area contributed by atoms with Crippen LogP contribution < -0.4 is 5.43 Å². The van der Waals surface area contributed by atoms with Crippen molar-refractivity contribution in [1.82, 2.24) is 4.90 Å². The van der Waals surface area contributed by atoms with E-state index in [1.165, 1.54) is 0 Å². The van der Waals surface area contributed by atoms with Crippen LogP contribution in [-0.4, -0.2) is 17.4 Å². The Kier molecular flexibility index (Phi) is 4.34. The molecule has 4 rings (SSSR count). The predicted molar refractivity (Wildman–Crippen MR) is 106 cm³/mol. The molecule has 1 unspecified atom stereocenters. The lowest BCUT2D eigenvalue weighted by atomic mass is 9.97. The fourth-order valence-electron chi connectivity index (χ4n) is 3.78. The first-order chi connectivity index (χ1) is 13.0. The van der Waals surface area contributed by atoms with Gasteiger partial charge in [0.1, 0.15) is 5.58 Å². The van der Waals surface area contributed by atoms with Gasteiger partial charge in [-0.15, -0.1) is 0 Å². The zero-order chi connectivity index (χ0) is 19.1. The molecule has 0 N–H and O–H groups in total. The maximum Gasteiger partial charge on any atom is 0.290 e. The molecule has 0 saturated heterocycles. The van der Waals surface area contributed by atoms with Crippen molar-refractivity contribution in [2.24, 2.45) is 0 Å². The van der Waals surface area contributed by atoms with Gasteiger partial charge < -0.3 is 9.32 Å². The third kappa shape index (κ3) is 2.85. The molecule has 1 amide bonds. The number of unbranched alkanes of at least 4 members (excludes halogenated alkanes) is 1. The third-order valence-corrected chi connectivity index (χ3v) is 5.27. The number of hydrogen-bond donors (Lipinski definition) is 0. The van der Waals surface area contributed by atoms with Crippen LogP contribution in [0.15, 0.2) is 51.7 Å². The van der Waals surface area contributed by atoms with Gasteiger partial charge in [0, 0.05) is 6.54 Å². The van der Waals surface area contributed by atoms with Crippen LogP contribution in [0.5, 0.6) is 0 Å². The number of fused-ring (bicyclic) bond motifs is 2. The summed E-state index contributed by atoms with van der Waals surface area (Å²) in [7, 11) is 0. The molecule has 4 nitrogen and oxygen atoms in total. The number of rotatable bonds is 4. The number of amides is 1. The Morgan fingerprint density at radius 1 is 1.00 bits per heavy atom. The van der Waals surface area contributed by atoms with E-state index in [1.807, 2.05) is 50.2 Å². The van der Waals surface area contributed by atoms with Crippen molar-refractivity contribution in [2.45, 2.75) is 39.7 Å². The minimum atomic E-state index is -0.387. The van der Waals surface area contributed by atoms with Gasteiger partial charge in [0.2, 0.25) is 5.76 Å². The molecule has 1 atom stereocenters. The van der Waals surface area contributed by atoms with Crippen LogP contribution in [0.1, 0.15) is 58.6 Å². The lowest BCUT2D eigenvalue weighted by Crippen LogP contribution is -2.30. The zero-order valence-electron chi connectivity index (χ0n) is 15.9. The minimum Gasteiger partial charge on any atom is -0.450 e. The molecule has 138 valence electrons. The van der Waals surface area contributed by atoms with Crippen molar-refractivity contribution in [3.63, 3.8) is 0 Å². The Labute approximate surface area is 158 Å². The highest BCUT2D eigenvalue weighted by molar-refractivity contribution is 5.99. The predicted octanol–water partition coefficient (Wildman–Crippen LogP) is 4.76. The highest BCUT2D eigenvalue weighted by atomic mass is 16.3. The molecule has 0 spiro atoms. The van der Waals surface area contributed by atoms with Crippen LogP contribution in [-0.2, 0) is 0 Å². The number of hydrogen-bond acceptors (Lipinski definition) is 3. The molecule has 0 aliphatic carbocycles. The Morgan fingerprint density at radius 3 is 2.41 bits per heavy atom. The Balaban J connectivity index is 1.96. The number of nitrogens with zero attached hydrogens (tertiary/aromatic N) is 1. The van der Waals surface area contributed by atoms with E-state index in [-0.39, 0.29) is 23.1 Å².